The summed E-state index contributed by atoms with van der Waals surface area (Å²) in [6.07, 6.45) is 0.988. The van der Waals surface area contributed by atoms with Crippen molar-refractivity contribution in [2.45, 2.75) is 51.1 Å². The molecule has 0 aliphatic rings. The van der Waals surface area contributed by atoms with E-state index in [9.17, 15) is 18.0 Å². The number of carbonyl (C=O) groups is 2. The first-order valence-electron chi connectivity index (χ1n) is 15.2. The third kappa shape index (κ3) is 8.51. The van der Waals surface area contributed by atoms with Crippen LogP contribution < -0.4 is 14.4 Å². The van der Waals surface area contributed by atoms with Gasteiger partial charge in [-0.2, -0.15) is 0 Å². The highest BCUT2D eigenvalue weighted by Crippen LogP contribution is 2.33. The standard InChI is InChI=1S/C36H41N3O5S/c1-4-24-37-36(41)33(25-29-17-8-6-9-18-29)38(26-30-19-13-12-16-28(30)3)35(40)27-39(32-22-14-15-23-34(32)44-5-2)45(42,43)31-20-10-7-11-21-31/h6-23,33H,4-5,24-27H2,1-3H3,(H,37,41)/t33-/m1/s1. The highest BCUT2D eigenvalue weighted by atomic mass is 32.2. The average molecular weight is 628 g/mol. The molecule has 0 aliphatic heterocycles. The van der Waals surface area contributed by atoms with Gasteiger partial charge in [0, 0.05) is 19.5 Å². The van der Waals surface area contributed by atoms with Crippen molar-refractivity contribution in [2.24, 2.45) is 0 Å². The summed E-state index contributed by atoms with van der Waals surface area (Å²) in [4.78, 5) is 29.9. The van der Waals surface area contributed by atoms with Crippen molar-refractivity contribution in [1.82, 2.24) is 10.2 Å². The predicted molar refractivity (Wildman–Crippen MR) is 178 cm³/mol. The number of ether oxygens (including phenoxy) is 1. The van der Waals surface area contributed by atoms with Crippen LogP contribution in [0.3, 0.4) is 0 Å². The summed E-state index contributed by atoms with van der Waals surface area (Å²) in [5, 5.41) is 2.97. The van der Waals surface area contributed by atoms with E-state index in [4.69, 9.17) is 4.74 Å². The first-order chi connectivity index (χ1) is 21.8. The Hall–Kier alpha value is -4.63. The minimum Gasteiger partial charge on any atom is -0.492 e. The molecule has 236 valence electrons. The molecule has 0 aliphatic carbocycles. The minimum absolute atomic E-state index is 0.0380. The first-order valence-corrected chi connectivity index (χ1v) is 16.7. The van der Waals surface area contributed by atoms with Gasteiger partial charge in [0.2, 0.25) is 11.8 Å². The van der Waals surface area contributed by atoms with Gasteiger partial charge >= 0.3 is 0 Å². The molecule has 0 aromatic heterocycles. The molecule has 2 amide bonds. The fraction of sp³-hybridized carbons (Fsp3) is 0.278. The van der Waals surface area contributed by atoms with Gasteiger partial charge in [0.25, 0.3) is 10.0 Å². The first kappa shape index (κ1) is 33.3. The lowest BCUT2D eigenvalue weighted by Crippen LogP contribution is -2.53. The molecule has 9 heteroatoms. The second-order valence-corrected chi connectivity index (χ2v) is 12.5. The number of sulfonamides is 1. The Balaban J connectivity index is 1.83. The number of aryl methyl sites for hydroxylation is 1. The van der Waals surface area contributed by atoms with Gasteiger partial charge in [0.1, 0.15) is 18.3 Å². The normalized spacial score (nSPS) is 11.8. The van der Waals surface area contributed by atoms with Crippen LogP contribution in [0.4, 0.5) is 5.69 Å². The van der Waals surface area contributed by atoms with Gasteiger partial charge in [0.05, 0.1) is 17.2 Å². The van der Waals surface area contributed by atoms with Crippen molar-refractivity contribution in [3.05, 3.63) is 126 Å². The number of rotatable bonds is 15. The van der Waals surface area contributed by atoms with Crippen molar-refractivity contribution in [2.75, 3.05) is 24.0 Å². The van der Waals surface area contributed by atoms with Gasteiger partial charge in [-0.05, 0) is 61.2 Å². The van der Waals surface area contributed by atoms with Crippen molar-refractivity contribution in [3.8, 4) is 5.75 Å². The molecule has 1 atom stereocenters. The number of benzene rings is 4. The summed E-state index contributed by atoms with van der Waals surface area (Å²) in [7, 11) is -4.22. The Kier molecular flexibility index (Phi) is 11.8. The van der Waals surface area contributed by atoms with Gasteiger partial charge in [-0.3, -0.25) is 13.9 Å². The van der Waals surface area contributed by atoms with Crippen molar-refractivity contribution in [3.63, 3.8) is 0 Å². The van der Waals surface area contributed by atoms with Crippen molar-refractivity contribution >= 4 is 27.5 Å². The van der Waals surface area contributed by atoms with Crippen LogP contribution in [-0.2, 0) is 32.6 Å². The molecule has 0 heterocycles. The molecule has 45 heavy (non-hydrogen) atoms. The second-order valence-electron chi connectivity index (χ2n) is 10.7. The summed E-state index contributed by atoms with van der Waals surface area (Å²) in [5.74, 6) is -0.481. The molecule has 0 bridgehead atoms. The topological polar surface area (TPSA) is 96.0 Å². The maximum atomic E-state index is 14.6. The number of carbonyl (C=O) groups excluding carboxylic acids is 2. The van der Waals surface area contributed by atoms with E-state index in [1.807, 2.05) is 75.4 Å². The monoisotopic (exact) mass is 627 g/mol. The number of anilines is 1. The zero-order valence-electron chi connectivity index (χ0n) is 26.1. The van der Waals surface area contributed by atoms with Gasteiger partial charge in [0.15, 0.2) is 0 Å². The van der Waals surface area contributed by atoms with Gasteiger partial charge < -0.3 is 15.0 Å². The summed E-state index contributed by atoms with van der Waals surface area (Å²) in [5.41, 5.74) is 2.94. The number of hydrogen-bond acceptors (Lipinski definition) is 5. The van der Waals surface area contributed by atoms with E-state index in [0.717, 1.165) is 27.4 Å². The van der Waals surface area contributed by atoms with Crippen LogP contribution in [0.1, 0.15) is 37.0 Å². The quantitative estimate of drug-likeness (QED) is 0.181. The molecule has 4 aromatic carbocycles. The molecule has 0 saturated carbocycles. The van der Waals surface area contributed by atoms with E-state index in [0.29, 0.717) is 18.9 Å². The SMILES string of the molecule is CCCNC(=O)[C@@H](Cc1ccccc1)N(Cc1ccccc1C)C(=O)CN(c1ccccc1OCC)S(=O)(=O)c1ccccc1. The molecule has 0 unspecified atom stereocenters. The maximum Gasteiger partial charge on any atom is 0.264 e. The van der Waals surface area contributed by atoms with Gasteiger partial charge in [-0.15, -0.1) is 0 Å². The lowest BCUT2D eigenvalue weighted by Gasteiger charge is -2.34. The predicted octanol–water partition coefficient (Wildman–Crippen LogP) is 5.76. The van der Waals surface area contributed by atoms with Crippen LogP contribution in [0.25, 0.3) is 0 Å². The fourth-order valence-electron chi connectivity index (χ4n) is 5.06. The van der Waals surface area contributed by atoms with E-state index in [2.05, 4.69) is 5.32 Å². The molecule has 4 rings (SSSR count). The van der Waals surface area contributed by atoms with Crippen LogP contribution in [-0.4, -0.2) is 50.9 Å². The largest absolute Gasteiger partial charge is 0.492 e. The molecule has 1 N–H and O–H groups in total. The Morgan fingerprint density at radius 3 is 2.11 bits per heavy atom. The Morgan fingerprint density at radius 2 is 1.44 bits per heavy atom. The molecule has 0 fully saturated rings. The number of para-hydroxylation sites is 2. The van der Waals surface area contributed by atoms with E-state index in [1.54, 1.807) is 42.5 Å². The zero-order chi connectivity index (χ0) is 32.2. The molecule has 0 saturated heterocycles. The van der Waals surface area contributed by atoms with E-state index < -0.39 is 28.5 Å². The van der Waals surface area contributed by atoms with E-state index in [-0.39, 0.29) is 29.5 Å². The molecular weight excluding hydrogens is 586 g/mol. The summed E-state index contributed by atoms with van der Waals surface area (Å²) >= 11 is 0. The third-order valence-corrected chi connectivity index (χ3v) is 9.24. The Bertz CT molecular complexity index is 1660. The van der Waals surface area contributed by atoms with Crippen LogP contribution in [0, 0.1) is 6.92 Å². The maximum absolute atomic E-state index is 14.6. The molecule has 8 nitrogen and oxygen atoms in total. The second kappa shape index (κ2) is 15.9. The van der Waals surface area contributed by atoms with Crippen LogP contribution >= 0.6 is 0 Å². The van der Waals surface area contributed by atoms with Crippen molar-refractivity contribution in [1.29, 1.82) is 0 Å². The van der Waals surface area contributed by atoms with Crippen molar-refractivity contribution < 1.29 is 22.7 Å². The molecule has 0 radical (unpaired) electrons. The lowest BCUT2D eigenvalue weighted by atomic mass is 10.0. The number of amides is 2. The highest BCUT2D eigenvalue weighted by Gasteiger charge is 2.35. The Labute approximate surface area is 266 Å². The zero-order valence-corrected chi connectivity index (χ0v) is 26.9. The van der Waals surface area contributed by atoms with E-state index in [1.165, 1.54) is 17.0 Å². The van der Waals surface area contributed by atoms with Gasteiger partial charge in [-0.1, -0.05) is 91.9 Å². The molecule has 0 spiro atoms. The summed E-state index contributed by atoms with van der Waals surface area (Å²) in [6, 6.07) is 31.1. The Morgan fingerprint density at radius 1 is 0.822 bits per heavy atom. The number of hydrogen-bond donors (Lipinski definition) is 1. The fourth-order valence-corrected chi connectivity index (χ4v) is 6.51. The lowest BCUT2D eigenvalue weighted by molar-refractivity contribution is -0.140. The summed E-state index contributed by atoms with van der Waals surface area (Å²) in [6.45, 7) is 6.06. The number of nitrogens with one attached hydrogen (secondary N) is 1. The van der Waals surface area contributed by atoms with Crippen LogP contribution in [0.15, 0.2) is 114 Å². The summed E-state index contributed by atoms with van der Waals surface area (Å²) < 4.78 is 35.3. The van der Waals surface area contributed by atoms with E-state index >= 15 is 0 Å². The van der Waals surface area contributed by atoms with Gasteiger partial charge in [-0.25, -0.2) is 8.42 Å². The third-order valence-electron chi connectivity index (χ3n) is 7.47. The average Bonchev–Trinajstić information content (AvgIpc) is 3.06. The molecular formula is C36H41N3O5S. The minimum atomic E-state index is -4.22. The number of nitrogens with zero attached hydrogens (tertiary/aromatic N) is 2. The van der Waals surface area contributed by atoms with Crippen LogP contribution in [0.2, 0.25) is 0 Å². The smallest absolute Gasteiger partial charge is 0.264 e. The molecule has 4 aromatic rings. The van der Waals surface area contributed by atoms with Crippen LogP contribution in [0.5, 0.6) is 5.75 Å². The highest BCUT2D eigenvalue weighted by molar-refractivity contribution is 7.92.